The fourth-order valence-corrected chi connectivity index (χ4v) is 2.67. The number of aryl methyl sites for hydroxylation is 1. The second-order valence-electron chi connectivity index (χ2n) is 5.99. The summed E-state index contributed by atoms with van der Waals surface area (Å²) in [6, 6.07) is 7.40. The number of rotatable bonds is 4. The van der Waals surface area contributed by atoms with Crippen molar-refractivity contribution in [3.05, 3.63) is 30.2 Å². The van der Waals surface area contributed by atoms with Gasteiger partial charge in [-0.2, -0.15) is 4.98 Å². The fourth-order valence-electron chi connectivity index (χ4n) is 2.67. The van der Waals surface area contributed by atoms with Crippen molar-refractivity contribution < 1.29 is 14.1 Å². The molecule has 1 aromatic carbocycles. The number of benzene rings is 1. The molecule has 2 heterocycles. The van der Waals surface area contributed by atoms with Crippen LogP contribution in [0.2, 0.25) is 0 Å². The van der Waals surface area contributed by atoms with E-state index in [-0.39, 0.29) is 12.5 Å². The molecule has 1 aliphatic rings. The van der Waals surface area contributed by atoms with E-state index in [0.717, 1.165) is 31.5 Å². The van der Waals surface area contributed by atoms with Crippen molar-refractivity contribution in [3.63, 3.8) is 0 Å². The molecule has 1 aliphatic heterocycles. The van der Waals surface area contributed by atoms with Crippen molar-refractivity contribution >= 4 is 5.91 Å². The number of ether oxygens (including phenoxy) is 1. The molecule has 0 N–H and O–H groups in total. The van der Waals surface area contributed by atoms with Gasteiger partial charge in [-0.05, 0) is 30.9 Å². The van der Waals surface area contributed by atoms with Crippen molar-refractivity contribution in [2.75, 3.05) is 19.7 Å². The minimum atomic E-state index is 0.0241. The van der Waals surface area contributed by atoms with Gasteiger partial charge in [0.2, 0.25) is 11.7 Å². The first-order valence-electron chi connectivity index (χ1n) is 7.94. The Kier molecular flexibility index (Phi) is 4.60. The summed E-state index contributed by atoms with van der Waals surface area (Å²) in [6.45, 7) is 5.62. The molecule has 0 unspecified atom stereocenters. The van der Waals surface area contributed by atoms with Crippen LogP contribution in [0.4, 0.5) is 0 Å². The van der Waals surface area contributed by atoms with Crippen LogP contribution in [0.15, 0.2) is 28.8 Å². The molecule has 3 rings (SSSR count). The number of amides is 1. The summed E-state index contributed by atoms with van der Waals surface area (Å²) in [6.07, 6.45) is 2.12. The van der Waals surface area contributed by atoms with Crippen molar-refractivity contribution in [3.8, 4) is 17.1 Å². The van der Waals surface area contributed by atoms with Gasteiger partial charge in [0, 0.05) is 20.0 Å². The normalized spacial score (nSPS) is 15.7. The van der Waals surface area contributed by atoms with Crippen LogP contribution in [0.1, 0.15) is 25.7 Å². The van der Waals surface area contributed by atoms with Crippen molar-refractivity contribution in [2.24, 2.45) is 5.92 Å². The first-order chi connectivity index (χ1) is 11.1. The molecule has 6 heteroatoms. The van der Waals surface area contributed by atoms with E-state index in [0.29, 0.717) is 23.4 Å². The Labute approximate surface area is 135 Å². The van der Waals surface area contributed by atoms with Crippen LogP contribution in [0, 0.1) is 12.8 Å². The van der Waals surface area contributed by atoms with Crippen molar-refractivity contribution in [1.82, 2.24) is 15.0 Å². The number of nitrogens with zero attached hydrogens (tertiary/aromatic N) is 3. The van der Waals surface area contributed by atoms with Gasteiger partial charge in [-0.1, -0.05) is 24.2 Å². The van der Waals surface area contributed by atoms with Crippen LogP contribution in [-0.2, 0) is 4.79 Å². The van der Waals surface area contributed by atoms with Gasteiger partial charge in [-0.3, -0.25) is 4.79 Å². The number of hydrogen-bond acceptors (Lipinski definition) is 5. The quantitative estimate of drug-likeness (QED) is 0.867. The van der Waals surface area contributed by atoms with Gasteiger partial charge in [0.15, 0.2) is 6.61 Å². The molecule has 0 atom stereocenters. The minimum absolute atomic E-state index is 0.0241. The Balaban J connectivity index is 1.65. The van der Waals surface area contributed by atoms with Gasteiger partial charge in [0.1, 0.15) is 5.75 Å². The summed E-state index contributed by atoms with van der Waals surface area (Å²) in [4.78, 5) is 18.4. The van der Waals surface area contributed by atoms with Crippen molar-refractivity contribution in [2.45, 2.75) is 26.7 Å². The number of likely N-dealkylation sites (tertiary alicyclic amines) is 1. The zero-order chi connectivity index (χ0) is 16.2. The molecule has 23 heavy (non-hydrogen) atoms. The fraction of sp³-hybridized carbons (Fsp3) is 0.471. The first-order valence-corrected chi connectivity index (χ1v) is 7.94. The van der Waals surface area contributed by atoms with Gasteiger partial charge in [-0.15, -0.1) is 0 Å². The minimum Gasteiger partial charge on any atom is -0.483 e. The van der Waals surface area contributed by atoms with Gasteiger partial charge < -0.3 is 14.2 Å². The molecule has 0 aliphatic carbocycles. The van der Waals surface area contributed by atoms with Crippen molar-refractivity contribution in [1.29, 1.82) is 0 Å². The number of aromatic nitrogens is 2. The maximum Gasteiger partial charge on any atom is 0.260 e. The molecular weight excluding hydrogens is 294 g/mol. The first kappa shape index (κ1) is 15.5. The molecule has 1 fully saturated rings. The average Bonchev–Trinajstić information content (AvgIpc) is 3.00. The van der Waals surface area contributed by atoms with Gasteiger partial charge in [0.25, 0.3) is 5.91 Å². The van der Waals surface area contributed by atoms with E-state index in [2.05, 4.69) is 17.1 Å². The lowest BCUT2D eigenvalue weighted by Gasteiger charge is -2.30. The second kappa shape index (κ2) is 6.81. The third-order valence-electron chi connectivity index (χ3n) is 4.14. The predicted octanol–water partition coefficient (Wildman–Crippen LogP) is 2.68. The topological polar surface area (TPSA) is 68.5 Å². The van der Waals surface area contributed by atoms with Gasteiger partial charge >= 0.3 is 0 Å². The van der Waals surface area contributed by atoms with E-state index < -0.39 is 0 Å². The van der Waals surface area contributed by atoms with Crippen LogP contribution in [-0.4, -0.2) is 40.6 Å². The zero-order valence-corrected chi connectivity index (χ0v) is 13.5. The van der Waals surface area contributed by atoms with E-state index in [1.54, 1.807) is 6.92 Å². The third-order valence-corrected chi connectivity index (χ3v) is 4.14. The monoisotopic (exact) mass is 315 g/mol. The maximum atomic E-state index is 12.3. The molecule has 0 radical (unpaired) electrons. The highest BCUT2D eigenvalue weighted by Crippen LogP contribution is 2.27. The van der Waals surface area contributed by atoms with E-state index in [9.17, 15) is 4.79 Å². The van der Waals surface area contributed by atoms with Gasteiger partial charge in [0.05, 0.1) is 5.56 Å². The molecule has 1 aromatic heterocycles. The van der Waals surface area contributed by atoms with E-state index >= 15 is 0 Å². The standard InChI is InChI=1S/C17H21N3O3/c1-12-7-9-20(10-8-12)16(21)11-22-15-6-4-3-5-14(15)17-18-13(2)23-19-17/h3-6,12H,7-11H2,1-2H3. The molecule has 0 spiro atoms. The number of para-hydroxylation sites is 1. The van der Waals surface area contributed by atoms with Crippen LogP contribution in [0.5, 0.6) is 5.75 Å². The summed E-state index contributed by atoms with van der Waals surface area (Å²) >= 11 is 0. The molecule has 1 saturated heterocycles. The number of hydrogen-bond donors (Lipinski definition) is 0. The lowest BCUT2D eigenvalue weighted by molar-refractivity contribution is -0.134. The van der Waals surface area contributed by atoms with E-state index in [1.165, 1.54) is 0 Å². The zero-order valence-electron chi connectivity index (χ0n) is 13.5. The van der Waals surface area contributed by atoms with Crippen LogP contribution >= 0.6 is 0 Å². The summed E-state index contributed by atoms with van der Waals surface area (Å²) in [5.74, 6) is 2.27. The van der Waals surface area contributed by atoms with E-state index in [1.807, 2.05) is 29.2 Å². The SMILES string of the molecule is Cc1nc(-c2ccccc2OCC(=O)N2CCC(C)CC2)no1. The third kappa shape index (κ3) is 3.70. The Morgan fingerprint density at radius 3 is 2.78 bits per heavy atom. The largest absolute Gasteiger partial charge is 0.483 e. The highest BCUT2D eigenvalue weighted by atomic mass is 16.5. The Bertz CT molecular complexity index is 675. The highest BCUT2D eigenvalue weighted by Gasteiger charge is 2.21. The number of piperidine rings is 1. The van der Waals surface area contributed by atoms with Gasteiger partial charge in [-0.25, -0.2) is 0 Å². The molecule has 0 saturated carbocycles. The average molecular weight is 315 g/mol. The summed E-state index contributed by atoms with van der Waals surface area (Å²) in [5.41, 5.74) is 0.726. The predicted molar refractivity (Wildman–Crippen MR) is 84.9 cm³/mol. The number of carbonyl (C=O) groups is 1. The summed E-state index contributed by atoms with van der Waals surface area (Å²) in [7, 11) is 0. The molecule has 2 aromatic rings. The summed E-state index contributed by atoms with van der Waals surface area (Å²) < 4.78 is 10.7. The second-order valence-corrected chi connectivity index (χ2v) is 5.99. The summed E-state index contributed by atoms with van der Waals surface area (Å²) in [5, 5.41) is 3.91. The van der Waals surface area contributed by atoms with Crippen LogP contribution in [0.25, 0.3) is 11.4 Å². The van der Waals surface area contributed by atoms with E-state index in [4.69, 9.17) is 9.26 Å². The smallest absolute Gasteiger partial charge is 0.260 e. The maximum absolute atomic E-state index is 12.3. The molecule has 1 amide bonds. The molecule has 6 nitrogen and oxygen atoms in total. The highest BCUT2D eigenvalue weighted by molar-refractivity contribution is 5.78. The van der Waals surface area contributed by atoms with Crippen LogP contribution in [0.3, 0.4) is 0 Å². The molecular formula is C17H21N3O3. The Hall–Kier alpha value is -2.37. The molecule has 0 bridgehead atoms. The number of carbonyl (C=O) groups excluding carboxylic acids is 1. The Morgan fingerprint density at radius 1 is 1.35 bits per heavy atom. The molecule has 122 valence electrons. The lowest BCUT2D eigenvalue weighted by atomic mass is 9.99. The Morgan fingerprint density at radius 2 is 2.09 bits per heavy atom. The lowest BCUT2D eigenvalue weighted by Crippen LogP contribution is -2.40. The van der Waals surface area contributed by atoms with Crippen LogP contribution < -0.4 is 4.74 Å².